The Balaban J connectivity index is 1.57. The number of aliphatic hydroxyl groups excluding tert-OH is 1. The third kappa shape index (κ3) is 6.58. The molecule has 0 bridgehead atoms. The molecule has 164 valence electrons. The van der Waals surface area contributed by atoms with E-state index in [-0.39, 0.29) is 6.10 Å². The molecule has 0 aromatic heterocycles. The Bertz CT molecular complexity index is 762. The van der Waals surface area contributed by atoms with Crippen molar-refractivity contribution in [2.45, 2.75) is 59.7 Å². The average molecular weight is 410 g/mol. The van der Waals surface area contributed by atoms with Crippen LogP contribution >= 0.6 is 0 Å². The number of rotatable bonds is 10. The van der Waals surface area contributed by atoms with Crippen LogP contribution in [0.15, 0.2) is 48.5 Å². The molecule has 1 aliphatic carbocycles. The highest BCUT2D eigenvalue weighted by atomic mass is 16.5. The molecule has 0 amide bonds. The van der Waals surface area contributed by atoms with E-state index in [9.17, 15) is 5.11 Å². The monoisotopic (exact) mass is 409 g/mol. The molecule has 1 aliphatic rings. The Morgan fingerprint density at radius 1 is 1.00 bits per heavy atom. The molecule has 3 heteroatoms. The molecule has 0 radical (unpaired) electrons. The van der Waals surface area contributed by atoms with Gasteiger partial charge in [0.1, 0.15) is 12.4 Å². The summed E-state index contributed by atoms with van der Waals surface area (Å²) >= 11 is 0. The van der Waals surface area contributed by atoms with Crippen molar-refractivity contribution in [2.75, 3.05) is 19.6 Å². The second-order valence-electron chi connectivity index (χ2n) is 9.71. The van der Waals surface area contributed by atoms with E-state index in [1.165, 1.54) is 11.1 Å². The molecular weight excluding hydrogens is 370 g/mol. The van der Waals surface area contributed by atoms with Crippen molar-refractivity contribution in [1.29, 1.82) is 0 Å². The van der Waals surface area contributed by atoms with Crippen LogP contribution in [-0.4, -0.2) is 29.6 Å². The Labute approximate surface area is 183 Å². The van der Waals surface area contributed by atoms with Crippen molar-refractivity contribution in [3.05, 3.63) is 65.2 Å². The molecule has 0 saturated carbocycles. The molecule has 0 unspecified atom stereocenters. The Kier molecular flexibility index (Phi) is 8.35. The van der Waals surface area contributed by atoms with E-state index in [0.29, 0.717) is 24.4 Å². The zero-order valence-electron chi connectivity index (χ0n) is 19.2. The van der Waals surface area contributed by atoms with Crippen molar-refractivity contribution in [1.82, 2.24) is 4.90 Å². The topological polar surface area (TPSA) is 32.7 Å². The second kappa shape index (κ2) is 11.0. The number of fused-ring (bicyclic) bond motifs is 1. The van der Waals surface area contributed by atoms with Crippen LogP contribution in [0.1, 0.15) is 63.3 Å². The van der Waals surface area contributed by atoms with Gasteiger partial charge in [-0.3, -0.25) is 0 Å². The summed E-state index contributed by atoms with van der Waals surface area (Å²) in [4.78, 5) is 2.58. The summed E-state index contributed by atoms with van der Waals surface area (Å²) in [5, 5.41) is 11.0. The van der Waals surface area contributed by atoms with E-state index in [1.807, 2.05) is 24.3 Å². The standard InChI is InChI=1S/C27H39NO2/c1-20(2)17-28(18-21(3)4)15-14-23-10-11-24-16-25(12-13-26(24)27(23)29)30-19-22-8-6-5-7-9-22/h5-9,12-13,16,20-21,23,27,29H,10-11,14-15,17-19H2,1-4H3/t23-,27-/m0/s1. The first kappa shape index (κ1) is 22.8. The van der Waals surface area contributed by atoms with Gasteiger partial charge in [0.15, 0.2) is 0 Å². The molecule has 0 fully saturated rings. The fourth-order valence-electron chi connectivity index (χ4n) is 4.61. The van der Waals surface area contributed by atoms with E-state index in [0.717, 1.165) is 50.2 Å². The lowest BCUT2D eigenvalue weighted by Gasteiger charge is -2.33. The molecule has 30 heavy (non-hydrogen) atoms. The van der Waals surface area contributed by atoms with E-state index in [1.54, 1.807) is 0 Å². The number of aryl methyl sites for hydroxylation is 1. The first-order valence-corrected chi connectivity index (χ1v) is 11.6. The number of nitrogens with zero attached hydrogens (tertiary/aromatic N) is 1. The zero-order chi connectivity index (χ0) is 21.5. The van der Waals surface area contributed by atoms with E-state index in [4.69, 9.17) is 4.74 Å². The Morgan fingerprint density at radius 3 is 2.37 bits per heavy atom. The quantitative estimate of drug-likeness (QED) is 0.533. The average Bonchev–Trinajstić information content (AvgIpc) is 2.71. The van der Waals surface area contributed by atoms with Crippen molar-refractivity contribution in [2.24, 2.45) is 17.8 Å². The first-order chi connectivity index (χ1) is 14.4. The Hall–Kier alpha value is -1.84. The van der Waals surface area contributed by atoms with E-state index >= 15 is 0 Å². The second-order valence-corrected chi connectivity index (χ2v) is 9.71. The van der Waals surface area contributed by atoms with Crippen LogP contribution in [0.2, 0.25) is 0 Å². The van der Waals surface area contributed by atoms with Gasteiger partial charge >= 0.3 is 0 Å². The summed E-state index contributed by atoms with van der Waals surface area (Å²) in [5.41, 5.74) is 3.51. The van der Waals surface area contributed by atoms with Crippen molar-refractivity contribution in [3.63, 3.8) is 0 Å². The third-order valence-electron chi connectivity index (χ3n) is 5.98. The summed E-state index contributed by atoms with van der Waals surface area (Å²) in [6, 6.07) is 16.5. The maximum absolute atomic E-state index is 11.0. The number of ether oxygens (including phenoxy) is 1. The lowest BCUT2D eigenvalue weighted by molar-refractivity contribution is 0.0774. The fourth-order valence-corrected chi connectivity index (χ4v) is 4.61. The van der Waals surface area contributed by atoms with Crippen LogP contribution in [0.4, 0.5) is 0 Å². The summed E-state index contributed by atoms with van der Waals surface area (Å²) in [5.74, 6) is 2.59. The summed E-state index contributed by atoms with van der Waals surface area (Å²) in [7, 11) is 0. The molecule has 2 aromatic rings. The van der Waals surface area contributed by atoms with E-state index in [2.05, 4.69) is 56.9 Å². The van der Waals surface area contributed by atoms with E-state index < -0.39 is 0 Å². The molecule has 3 nitrogen and oxygen atoms in total. The Morgan fingerprint density at radius 2 is 1.70 bits per heavy atom. The van der Waals surface area contributed by atoms with Gasteiger partial charge in [0, 0.05) is 13.1 Å². The molecule has 0 aliphatic heterocycles. The zero-order valence-corrected chi connectivity index (χ0v) is 19.2. The van der Waals surface area contributed by atoms with Gasteiger partial charge in [-0.1, -0.05) is 64.1 Å². The van der Waals surface area contributed by atoms with Gasteiger partial charge in [-0.2, -0.15) is 0 Å². The lowest BCUT2D eigenvalue weighted by Crippen LogP contribution is -2.34. The van der Waals surface area contributed by atoms with Gasteiger partial charge in [-0.05, 0) is 72.4 Å². The fraction of sp³-hybridized carbons (Fsp3) is 0.556. The highest BCUT2D eigenvalue weighted by Crippen LogP contribution is 2.38. The van der Waals surface area contributed by atoms with Crippen LogP contribution < -0.4 is 4.74 Å². The van der Waals surface area contributed by atoms with Gasteiger partial charge in [0.25, 0.3) is 0 Å². The maximum atomic E-state index is 11.0. The lowest BCUT2D eigenvalue weighted by atomic mass is 9.79. The van der Waals surface area contributed by atoms with Gasteiger partial charge in [0.2, 0.25) is 0 Å². The highest BCUT2D eigenvalue weighted by molar-refractivity contribution is 5.39. The highest BCUT2D eigenvalue weighted by Gasteiger charge is 2.28. The molecule has 2 atom stereocenters. The minimum absolute atomic E-state index is 0.343. The molecule has 0 saturated heterocycles. The first-order valence-electron chi connectivity index (χ1n) is 11.6. The van der Waals surface area contributed by atoms with Crippen LogP contribution in [0, 0.1) is 17.8 Å². The summed E-state index contributed by atoms with van der Waals surface area (Å²) in [6.07, 6.45) is 2.77. The van der Waals surface area contributed by atoms with Crippen molar-refractivity contribution in [3.8, 4) is 5.75 Å². The van der Waals surface area contributed by atoms with Crippen LogP contribution in [0.5, 0.6) is 5.75 Å². The summed E-state index contributed by atoms with van der Waals surface area (Å²) < 4.78 is 5.98. The third-order valence-corrected chi connectivity index (χ3v) is 5.98. The van der Waals surface area contributed by atoms with Crippen molar-refractivity contribution < 1.29 is 9.84 Å². The minimum Gasteiger partial charge on any atom is -0.489 e. The SMILES string of the molecule is CC(C)CN(CC[C@@H]1CCc2cc(OCc3ccccc3)ccc2[C@H]1O)CC(C)C. The molecule has 0 heterocycles. The van der Waals surface area contributed by atoms with Crippen LogP contribution in [0.3, 0.4) is 0 Å². The predicted octanol–water partition coefficient (Wildman–Crippen LogP) is 5.87. The smallest absolute Gasteiger partial charge is 0.120 e. The van der Waals surface area contributed by atoms with Gasteiger partial charge in [-0.15, -0.1) is 0 Å². The minimum atomic E-state index is -0.364. The molecule has 2 aromatic carbocycles. The van der Waals surface area contributed by atoms with Crippen LogP contribution in [0.25, 0.3) is 0 Å². The molecule has 0 spiro atoms. The number of aliphatic hydroxyl groups is 1. The van der Waals surface area contributed by atoms with Gasteiger partial charge in [-0.25, -0.2) is 0 Å². The largest absolute Gasteiger partial charge is 0.489 e. The van der Waals surface area contributed by atoms with Gasteiger partial charge in [0.05, 0.1) is 6.10 Å². The van der Waals surface area contributed by atoms with Crippen LogP contribution in [-0.2, 0) is 13.0 Å². The summed E-state index contributed by atoms with van der Waals surface area (Å²) in [6.45, 7) is 13.1. The maximum Gasteiger partial charge on any atom is 0.120 e. The van der Waals surface area contributed by atoms with Crippen molar-refractivity contribution >= 4 is 0 Å². The number of hydrogen-bond donors (Lipinski definition) is 1. The van der Waals surface area contributed by atoms with Gasteiger partial charge < -0.3 is 14.7 Å². The number of hydrogen-bond acceptors (Lipinski definition) is 3. The molecule has 1 N–H and O–H groups in total. The predicted molar refractivity (Wildman–Crippen MR) is 125 cm³/mol. The normalized spacial score (nSPS) is 18.8. The molecular formula is C27H39NO2. The molecule has 3 rings (SSSR count). The number of benzene rings is 2.